The van der Waals surface area contributed by atoms with E-state index in [-0.39, 0.29) is 17.4 Å². The summed E-state index contributed by atoms with van der Waals surface area (Å²) in [4.78, 5) is 22.5. The van der Waals surface area contributed by atoms with Crippen LogP contribution in [-0.4, -0.2) is 29.7 Å². The molecule has 0 aliphatic heterocycles. The number of aliphatic carboxylic acids is 1. The average molecular weight is 240 g/mol. The molecule has 0 bridgehead atoms. The molecule has 5 nitrogen and oxygen atoms in total. The second-order valence-corrected chi connectivity index (χ2v) is 5.64. The minimum Gasteiger partial charge on any atom is -0.480 e. The first kappa shape index (κ1) is 12.2. The standard InChI is InChI=1S/C12H20N2O3/c1-12(5-2-6-12)7-13-11(17)14-9(10(15)16)8-3-4-8/h8-9H,2-7H2,1H3,(H,15,16)(H2,13,14,17). The van der Waals surface area contributed by atoms with Crippen molar-refractivity contribution in [3.63, 3.8) is 0 Å². The Bertz CT molecular complexity index is 322. The van der Waals surface area contributed by atoms with Gasteiger partial charge in [-0.05, 0) is 37.0 Å². The van der Waals surface area contributed by atoms with Crippen molar-refractivity contribution in [2.45, 2.75) is 45.1 Å². The maximum atomic E-state index is 11.6. The molecule has 1 unspecified atom stereocenters. The summed E-state index contributed by atoms with van der Waals surface area (Å²) in [5.74, 6) is -0.810. The van der Waals surface area contributed by atoms with Crippen LogP contribution in [0.15, 0.2) is 0 Å². The molecule has 0 heterocycles. The quantitative estimate of drug-likeness (QED) is 0.678. The van der Waals surface area contributed by atoms with Gasteiger partial charge in [0.05, 0.1) is 0 Å². The molecule has 3 N–H and O–H groups in total. The highest BCUT2D eigenvalue weighted by molar-refractivity contribution is 5.83. The van der Waals surface area contributed by atoms with Crippen LogP contribution in [0, 0.1) is 11.3 Å². The Hall–Kier alpha value is -1.26. The first-order chi connectivity index (χ1) is 8.00. The highest BCUT2D eigenvalue weighted by Gasteiger charge is 2.38. The first-order valence-corrected chi connectivity index (χ1v) is 6.27. The molecule has 2 rings (SSSR count). The summed E-state index contributed by atoms with van der Waals surface area (Å²) in [6, 6.07) is -1.07. The maximum absolute atomic E-state index is 11.6. The van der Waals surface area contributed by atoms with Crippen LogP contribution in [0.25, 0.3) is 0 Å². The van der Waals surface area contributed by atoms with Gasteiger partial charge in [0.1, 0.15) is 6.04 Å². The molecule has 0 aromatic carbocycles. The molecule has 0 aromatic rings. The van der Waals surface area contributed by atoms with Crippen molar-refractivity contribution in [2.75, 3.05) is 6.54 Å². The third-order valence-corrected chi connectivity index (χ3v) is 3.88. The Morgan fingerprint density at radius 2 is 2.06 bits per heavy atom. The zero-order valence-electron chi connectivity index (χ0n) is 10.2. The number of urea groups is 1. The van der Waals surface area contributed by atoms with Gasteiger partial charge in [0, 0.05) is 6.54 Å². The minimum atomic E-state index is -0.933. The van der Waals surface area contributed by atoms with E-state index in [2.05, 4.69) is 17.6 Å². The fourth-order valence-corrected chi connectivity index (χ4v) is 2.25. The summed E-state index contributed by atoms with van der Waals surface area (Å²) in [5, 5.41) is 14.3. The molecule has 2 aliphatic rings. The molecule has 2 aliphatic carbocycles. The van der Waals surface area contributed by atoms with Crippen LogP contribution in [0.2, 0.25) is 0 Å². The maximum Gasteiger partial charge on any atom is 0.326 e. The number of nitrogens with one attached hydrogen (secondary N) is 2. The second-order valence-electron chi connectivity index (χ2n) is 5.64. The monoisotopic (exact) mass is 240 g/mol. The summed E-state index contributed by atoms with van der Waals surface area (Å²) >= 11 is 0. The molecule has 17 heavy (non-hydrogen) atoms. The number of carbonyl (C=O) groups excluding carboxylic acids is 1. The van der Waals surface area contributed by atoms with Crippen molar-refractivity contribution in [2.24, 2.45) is 11.3 Å². The topological polar surface area (TPSA) is 78.4 Å². The lowest BCUT2D eigenvalue weighted by Gasteiger charge is -2.38. The van der Waals surface area contributed by atoms with Crippen LogP contribution in [0.5, 0.6) is 0 Å². The Labute approximate surface area is 101 Å². The molecule has 2 saturated carbocycles. The SMILES string of the molecule is CC1(CNC(=O)NC(C(=O)O)C2CC2)CCC1. The summed E-state index contributed by atoms with van der Waals surface area (Å²) in [7, 11) is 0. The van der Waals surface area contributed by atoms with Crippen molar-refractivity contribution in [1.29, 1.82) is 0 Å². The van der Waals surface area contributed by atoms with E-state index >= 15 is 0 Å². The van der Waals surface area contributed by atoms with E-state index in [9.17, 15) is 9.59 Å². The molecule has 0 aromatic heterocycles. The fourth-order valence-electron chi connectivity index (χ4n) is 2.25. The first-order valence-electron chi connectivity index (χ1n) is 6.27. The highest BCUT2D eigenvalue weighted by Crippen LogP contribution is 2.39. The van der Waals surface area contributed by atoms with E-state index in [1.54, 1.807) is 0 Å². The largest absolute Gasteiger partial charge is 0.480 e. The van der Waals surface area contributed by atoms with Crippen LogP contribution in [0.1, 0.15) is 39.0 Å². The number of carbonyl (C=O) groups is 2. The number of amides is 2. The lowest BCUT2D eigenvalue weighted by atomic mass is 9.70. The zero-order valence-corrected chi connectivity index (χ0v) is 10.2. The fraction of sp³-hybridized carbons (Fsp3) is 0.833. The van der Waals surface area contributed by atoms with Gasteiger partial charge in [-0.1, -0.05) is 13.3 Å². The van der Waals surface area contributed by atoms with Crippen LogP contribution in [0.3, 0.4) is 0 Å². The smallest absolute Gasteiger partial charge is 0.326 e. The Morgan fingerprint density at radius 1 is 1.41 bits per heavy atom. The summed E-state index contributed by atoms with van der Waals surface area (Å²) in [5.41, 5.74) is 0.218. The van der Waals surface area contributed by atoms with E-state index in [1.165, 1.54) is 6.42 Å². The summed E-state index contributed by atoms with van der Waals surface area (Å²) in [6.45, 7) is 2.78. The second kappa shape index (κ2) is 4.55. The molecule has 5 heteroatoms. The number of carboxylic acids is 1. The van der Waals surface area contributed by atoms with E-state index in [4.69, 9.17) is 5.11 Å². The van der Waals surface area contributed by atoms with E-state index in [0.717, 1.165) is 25.7 Å². The molecule has 0 radical (unpaired) electrons. The van der Waals surface area contributed by atoms with Gasteiger partial charge in [-0.2, -0.15) is 0 Å². The van der Waals surface area contributed by atoms with Gasteiger partial charge in [-0.25, -0.2) is 9.59 Å². The molecule has 96 valence electrons. The molecule has 2 fully saturated rings. The van der Waals surface area contributed by atoms with Crippen LogP contribution < -0.4 is 10.6 Å². The zero-order chi connectivity index (χ0) is 12.5. The lowest BCUT2D eigenvalue weighted by Crippen LogP contribution is -2.50. The van der Waals surface area contributed by atoms with E-state index < -0.39 is 12.0 Å². The molecule has 0 spiro atoms. The van der Waals surface area contributed by atoms with Gasteiger partial charge < -0.3 is 15.7 Å². The highest BCUT2D eigenvalue weighted by atomic mass is 16.4. The summed E-state index contributed by atoms with van der Waals surface area (Å²) < 4.78 is 0. The molecule has 0 saturated heterocycles. The molecular formula is C12H20N2O3. The van der Waals surface area contributed by atoms with Crippen molar-refractivity contribution >= 4 is 12.0 Å². The predicted molar refractivity (Wildman–Crippen MR) is 62.6 cm³/mol. The normalized spacial score (nSPS) is 23.4. The Kier molecular flexibility index (Phi) is 3.26. The molecule has 1 atom stereocenters. The predicted octanol–water partition coefficient (Wildman–Crippen LogP) is 1.34. The van der Waals surface area contributed by atoms with Crippen LogP contribution in [0.4, 0.5) is 4.79 Å². The van der Waals surface area contributed by atoms with Gasteiger partial charge >= 0.3 is 12.0 Å². The number of carboxylic acid groups (broad SMARTS) is 1. The lowest BCUT2D eigenvalue weighted by molar-refractivity contribution is -0.139. The minimum absolute atomic E-state index is 0.123. The summed E-state index contributed by atoms with van der Waals surface area (Å²) in [6.07, 6.45) is 5.29. The third kappa shape index (κ3) is 3.11. The number of rotatable bonds is 5. The van der Waals surface area contributed by atoms with Crippen LogP contribution in [-0.2, 0) is 4.79 Å². The Balaban J connectivity index is 1.73. The number of hydrogen-bond donors (Lipinski definition) is 3. The van der Waals surface area contributed by atoms with Crippen molar-refractivity contribution < 1.29 is 14.7 Å². The van der Waals surface area contributed by atoms with Crippen LogP contribution >= 0.6 is 0 Å². The molecule has 2 amide bonds. The Morgan fingerprint density at radius 3 is 2.47 bits per heavy atom. The molecular weight excluding hydrogens is 220 g/mol. The average Bonchev–Trinajstić information content (AvgIpc) is 3.03. The van der Waals surface area contributed by atoms with Gasteiger partial charge in [0.2, 0.25) is 0 Å². The van der Waals surface area contributed by atoms with Crippen molar-refractivity contribution in [3.8, 4) is 0 Å². The van der Waals surface area contributed by atoms with Gasteiger partial charge in [-0.3, -0.25) is 0 Å². The van der Waals surface area contributed by atoms with Gasteiger partial charge in [0.15, 0.2) is 0 Å². The van der Waals surface area contributed by atoms with Gasteiger partial charge in [0.25, 0.3) is 0 Å². The van der Waals surface area contributed by atoms with Crippen molar-refractivity contribution in [3.05, 3.63) is 0 Å². The van der Waals surface area contributed by atoms with E-state index in [1.807, 2.05) is 0 Å². The van der Waals surface area contributed by atoms with Crippen molar-refractivity contribution in [1.82, 2.24) is 10.6 Å². The van der Waals surface area contributed by atoms with Gasteiger partial charge in [-0.15, -0.1) is 0 Å². The van der Waals surface area contributed by atoms with E-state index in [0.29, 0.717) is 6.54 Å². The third-order valence-electron chi connectivity index (χ3n) is 3.88. The number of hydrogen-bond acceptors (Lipinski definition) is 2.